The predicted octanol–water partition coefficient (Wildman–Crippen LogP) is 3.65. The van der Waals surface area contributed by atoms with Crippen molar-refractivity contribution in [1.82, 2.24) is 0 Å². The minimum absolute atomic E-state index is 0.0133. The number of rotatable bonds is 2. The van der Waals surface area contributed by atoms with E-state index in [1.54, 1.807) is 0 Å². The SMILES string of the molecule is Cc1cc(C(C)(F)C(F)(F)F)ccc1[N+](=O)[O-]. The van der Waals surface area contributed by atoms with Crippen LogP contribution in [0.3, 0.4) is 0 Å². The summed E-state index contributed by atoms with van der Waals surface area (Å²) in [5, 5.41) is 10.5. The zero-order valence-corrected chi connectivity index (χ0v) is 9.01. The zero-order chi connectivity index (χ0) is 13.4. The van der Waals surface area contributed by atoms with E-state index in [9.17, 15) is 27.7 Å². The number of alkyl halides is 4. The lowest BCUT2D eigenvalue weighted by molar-refractivity contribution is -0.385. The fourth-order valence-corrected chi connectivity index (χ4v) is 1.32. The minimum Gasteiger partial charge on any atom is -0.258 e. The van der Waals surface area contributed by atoms with E-state index >= 15 is 0 Å². The van der Waals surface area contributed by atoms with Gasteiger partial charge < -0.3 is 0 Å². The van der Waals surface area contributed by atoms with Crippen molar-refractivity contribution in [2.75, 3.05) is 0 Å². The van der Waals surface area contributed by atoms with Crippen LogP contribution in [0.25, 0.3) is 0 Å². The zero-order valence-electron chi connectivity index (χ0n) is 9.01. The average Bonchev–Trinajstić information content (AvgIpc) is 2.14. The average molecular weight is 251 g/mol. The Hall–Kier alpha value is -1.66. The van der Waals surface area contributed by atoms with Crippen LogP contribution in [0.1, 0.15) is 18.1 Å². The summed E-state index contributed by atoms with van der Waals surface area (Å²) < 4.78 is 50.8. The van der Waals surface area contributed by atoms with E-state index < -0.39 is 22.3 Å². The summed E-state index contributed by atoms with van der Waals surface area (Å²) in [6, 6.07) is 2.48. The van der Waals surface area contributed by atoms with E-state index in [1.807, 2.05) is 0 Å². The van der Waals surface area contributed by atoms with E-state index in [2.05, 4.69) is 0 Å². The molecule has 1 unspecified atom stereocenters. The van der Waals surface area contributed by atoms with Gasteiger partial charge in [0.2, 0.25) is 5.67 Å². The summed E-state index contributed by atoms with van der Waals surface area (Å²) in [6.45, 7) is 1.64. The molecule has 0 N–H and O–H groups in total. The van der Waals surface area contributed by atoms with Gasteiger partial charge in [-0.2, -0.15) is 13.2 Å². The molecule has 3 nitrogen and oxygen atoms in total. The van der Waals surface area contributed by atoms with Gasteiger partial charge in [-0.05, 0) is 31.5 Å². The number of hydrogen-bond donors (Lipinski definition) is 0. The smallest absolute Gasteiger partial charge is 0.258 e. The van der Waals surface area contributed by atoms with Crippen molar-refractivity contribution in [2.45, 2.75) is 25.7 Å². The lowest BCUT2D eigenvalue weighted by Gasteiger charge is -2.24. The van der Waals surface area contributed by atoms with E-state index in [1.165, 1.54) is 6.92 Å². The molecule has 17 heavy (non-hydrogen) atoms. The molecule has 0 heterocycles. The van der Waals surface area contributed by atoms with Crippen LogP contribution in [0.4, 0.5) is 23.2 Å². The van der Waals surface area contributed by atoms with Gasteiger partial charge in [-0.3, -0.25) is 10.1 Å². The predicted molar refractivity (Wildman–Crippen MR) is 52.3 cm³/mol. The van der Waals surface area contributed by atoms with Gasteiger partial charge in [0.25, 0.3) is 5.69 Å². The molecule has 94 valence electrons. The standard InChI is InChI=1S/C10H9F4NO2/c1-6-5-7(3-4-8(6)15(16)17)9(2,11)10(12,13)14/h3-5H,1-2H3. The quantitative estimate of drug-likeness (QED) is 0.457. The number of hydrogen-bond acceptors (Lipinski definition) is 2. The molecule has 1 aromatic rings. The Morgan fingerprint density at radius 1 is 1.24 bits per heavy atom. The molecule has 0 aliphatic heterocycles. The number of benzene rings is 1. The molecule has 0 saturated heterocycles. The van der Waals surface area contributed by atoms with Crippen LogP contribution in [-0.4, -0.2) is 11.1 Å². The second-order valence-corrected chi connectivity index (χ2v) is 3.76. The van der Waals surface area contributed by atoms with E-state index in [0.717, 1.165) is 18.2 Å². The first kappa shape index (κ1) is 13.4. The molecule has 1 atom stereocenters. The first-order valence-electron chi connectivity index (χ1n) is 4.58. The normalized spacial score (nSPS) is 15.4. The Balaban J connectivity index is 3.28. The number of nitrogens with zero attached hydrogens (tertiary/aromatic N) is 1. The third kappa shape index (κ3) is 2.37. The Kier molecular flexibility index (Phi) is 3.13. The minimum atomic E-state index is -5.06. The number of halogens is 4. The Morgan fingerprint density at radius 2 is 1.76 bits per heavy atom. The Morgan fingerprint density at radius 3 is 2.12 bits per heavy atom. The van der Waals surface area contributed by atoms with E-state index in [-0.39, 0.29) is 11.3 Å². The highest BCUT2D eigenvalue weighted by molar-refractivity contribution is 5.43. The molecular weight excluding hydrogens is 242 g/mol. The topological polar surface area (TPSA) is 43.1 Å². The van der Waals surface area contributed by atoms with Crippen molar-refractivity contribution < 1.29 is 22.5 Å². The third-order valence-corrected chi connectivity index (χ3v) is 2.47. The Bertz CT molecular complexity index is 454. The molecule has 1 rings (SSSR count). The second kappa shape index (κ2) is 3.97. The fraction of sp³-hybridized carbons (Fsp3) is 0.400. The molecule has 0 aliphatic rings. The summed E-state index contributed by atoms with van der Waals surface area (Å²) in [4.78, 5) is 9.74. The molecule has 0 spiro atoms. The van der Waals surface area contributed by atoms with Crippen molar-refractivity contribution in [3.63, 3.8) is 0 Å². The Labute approximate surface area is 94.2 Å². The lowest BCUT2D eigenvalue weighted by atomic mass is 9.95. The van der Waals surface area contributed by atoms with Gasteiger partial charge in [0, 0.05) is 11.6 Å². The van der Waals surface area contributed by atoms with Gasteiger partial charge in [-0.25, -0.2) is 4.39 Å². The monoisotopic (exact) mass is 251 g/mol. The third-order valence-electron chi connectivity index (χ3n) is 2.47. The summed E-state index contributed by atoms with van der Waals surface area (Å²) in [6.07, 6.45) is -5.06. The van der Waals surface area contributed by atoms with Crippen LogP contribution >= 0.6 is 0 Å². The van der Waals surface area contributed by atoms with Crippen molar-refractivity contribution in [3.05, 3.63) is 39.4 Å². The van der Waals surface area contributed by atoms with E-state index in [4.69, 9.17) is 0 Å². The summed E-state index contributed by atoms with van der Waals surface area (Å²) in [5.41, 5.74) is -4.52. The molecule has 0 aromatic heterocycles. The van der Waals surface area contributed by atoms with Crippen molar-refractivity contribution >= 4 is 5.69 Å². The highest BCUT2D eigenvalue weighted by Crippen LogP contribution is 2.42. The van der Waals surface area contributed by atoms with Crippen LogP contribution < -0.4 is 0 Å². The lowest BCUT2D eigenvalue weighted by Crippen LogP contribution is -2.35. The first-order valence-corrected chi connectivity index (χ1v) is 4.58. The van der Waals surface area contributed by atoms with Crippen LogP contribution in [0.5, 0.6) is 0 Å². The number of nitro benzene ring substituents is 1. The highest BCUT2D eigenvalue weighted by Gasteiger charge is 2.53. The summed E-state index contributed by atoms with van der Waals surface area (Å²) in [7, 11) is 0. The van der Waals surface area contributed by atoms with Gasteiger partial charge in [-0.1, -0.05) is 0 Å². The summed E-state index contributed by atoms with van der Waals surface area (Å²) >= 11 is 0. The van der Waals surface area contributed by atoms with Crippen LogP contribution in [0.2, 0.25) is 0 Å². The molecule has 0 amide bonds. The maximum absolute atomic E-state index is 13.5. The maximum atomic E-state index is 13.5. The van der Waals surface area contributed by atoms with Gasteiger partial charge in [0.05, 0.1) is 4.92 Å². The van der Waals surface area contributed by atoms with Gasteiger partial charge >= 0.3 is 6.18 Å². The summed E-state index contributed by atoms with van der Waals surface area (Å²) in [5.74, 6) is 0. The van der Waals surface area contributed by atoms with Crippen LogP contribution in [0.15, 0.2) is 18.2 Å². The second-order valence-electron chi connectivity index (χ2n) is 3.76. The fourth-order valence-electron chi connectivity index (χ4n) is 1.32. The molecule has 7 heteroatoms. The molecule has 0 aliphatic carbocycles. The molecule has 1 aromatic carbocycles. The van der Waals surface area contributed by atoms with Crippen molar-refractivity contribution in [1.29, 1.82) is 0 Å². The first-order chi connectivity index (χ1) is 7.57. The molecule has 0 saturated carbocycles. The largest absolute Gasteiger partial charge is 0.426 e. The molecule has 0 fully saturated rings. The van der Waals surface area contributed by atoms with Crippen molar-refractivity contribution in [3.8, 4) is 0 Å². The van der Waals surface area contributed by atoms with Gasteiger partial charge in [0.15, 0.2) is 0 Å². The highest BCUT2D eigenvalue weighted by atomic mass is 19.4. The molecule has 0 bridgehead atoms. The van der Waals surface area contributed by atoms with Crippen LogP contribution in [-0.2, 0) is 5.67 Å². The molecular formula is C10H9F4NO2. The van der Waals surface area contributed by atoms with E-state index in [0.29, 0.717) is 6.92 Å². The van der Waals surface area contributed by atoms with Gasteiger partial charge in [0.1, 0.15) is 0 Å². The number of aryl methyl sites for hydroxylation is 1. The molecule has 0 radical (unpaired) electrons. The van der Waals surface area contributed by atoms with Crippen molar-refractivity contribution in [2.24, 2.45) is 0 Å². The van der Waals surface area contributed by atoms with Gasteiger partial charge in [-0.15, -0.1) is 0 Å². The van der Waals surface area contributed by atoms with Crippen LogP contribution in [0, 0.1) is 17.0 Å². The maximum Gasteiger partial charge on any atom is 0.426 e. The number of nitro groups is 1.